The van der Waals surface area contributed by atoms with Crippen LogP contribution < -0.4 is 5.32 Å². The van der Waals surface area contributed by atoms with E-state index >= 15 is 0 Å². The lowest BCUT2D eigenvalue weighted by atomic mass is 10.0. The van der Waals surface area contributed by atoms with E-state index in [0.29, 0.717) is 24.5 Å². The molecule has 1 atom stereocenters. The van der Waals surface area contributed by atoms with E-state index in [0.717, 1.165) is 0 Å². The average Bonchev–Trinajstić information content (AvgIpc) is 2.29. The first-order chi connectivity index (χ1) is 7.63. The van der Waals surface area contributed by atoms with Crippen LogP contribution in [-0.4, -0.2) is 27.7 Å². The van der Waals surface area contributed by atoms with Crippen LogP contribution in [0.15, 0.2) is 12.4 Å². The van der Waals surface area contributed by atoms with Crippen LogP contribution in [0.4, 0.5) is 5.82 Å². The summed E-state index contributed by atoms with van der Waals surface area (Å²) in [4.78, 5) is 7.89. The Kier molecular flexibility index (Phi) is 4.67. The molecule has 0 fully saturated rings. The monoisotopic (exact) mass is 220 g/mol. The number of aliphatic hydroxyl groups excluding tert-OH is 1. The third kappa shape index (κ3) is 3.83. The van der Waals surface area contributed by atoms with Crippen molar-refractivity contribution in [1.82, 2.24) is 9.97 Å². The fourth-order valence-electron chi connectivity index (χ4n) is 1.16. The molecule has 86 valence electrons. The summed E-state index contributed by atoms with van der Waals surface area (Å²) in [7, 11) is 0. The first-order valence-electron chi connectivity index (χ1n) is 5.27. The lowest BCUT2D eigenvalue weighted by Crippen LogP contribution is -2.19. The van der Waals surface area contributed by atoms with Gasteiger partial charge in [0.05, 0.1) is 18.5 Å². The maximum atomic E-state index is 9.57. The molecular formula is C11H16N4O. The molecule has 2 N–H and O–H groups in total. The van der Waals surface area contributed by atoms with E-state index in [4.69, 9.17) is 5.26 Å². The minimum absolute atomic E-state index is 0.258. The van der Waals surface area contributed by atoms with Gasteiger partial charge in [0.1, 0.15) is 11.9 Å². The SMILES string of the molecule is CC(C)C(O)CCNc1cnc(C#N)cn1. The van der Waals surface area contributed by atoms with Gasteiger partial charge >= 0.3 is 0 Å². The quantitative estimate of drug-likeness (QED) is 0.778. The number of nitriles is 1. The van der Waals surface area contributed by atoms with Gasteiger partial charge < -0.3 is 10.4 Å². The molecule has 5 nitrogen and oxygen atoms in total. The van der Waals surface area contributed by atoms with Gasteiger partial charge in [0.15, 0.2) is 5.69 Å². The fraction of sp³-hybridized carbons (Fsp3) is 0.545. The molecule has 0 amide bonds. The van der Waals surface area contributed by atoms with Crippen molar-refractivity contribution < 1.29 is 5.11 Å². The number of anilines is 1. The molecule has 16 heavy (non-hydrogen) atoms. The Morgan fingerprint density at radius 1 is 1.44 bits per heavy atom. The molecule has 1 rings (SSSR count). The normalized spacial score (nSPS) is 12.2. The predicted octanol–water partition coefficient (Wildman–Crippen LogP) is 1.17. The van der Waals surface area contributed by atoms with Crippen molar-refractivity contribution in [3.05, 3.63) is 18.1 Å². The summed E-state index contributed by atoms with van der Waals surface area (Å²) in [5, 5.41) is 21.1. The molecule has 0 saturated carbocycles. The highest BCUT2D eigenvalue weighted by Crippen LogP contribution is 2.06. The largest absolute Gasteiger partial charge is 0.393 e. The van der Waals surface area contributed by atoms with Crippen LogP contribution in [0.3, 0.4) is 0 Å². The Morgan fingerprint density at radius 3 is 2.69 bits per heavy atom. The molecule has 0 radical (unpaired) electrons. The van der Waals surface area contributed by atoms with Crippen LogP contribution in [0.1, 0.15) is 26.0 Å². The topological polar surface area (TPSA) is 81.8 Å². The molecule has 1 heterocycles. The molecular weight excluding hydrogens is 204 g/mol. The highest BCUT2D eigenvalue weighted by molar-refractivity contribution is 5.32. The van der Waals surface area contributed by atoms with Crippen LogP contribution in [-0.2, 0) is 0 Å². The van der Waals surface area contributed by atoms with Crippen molar-refractivity contribution in [3.8, 4) is 6.07 Å². The van der Waals surface area contributed by atoms with Crippen LogP contribution in [0, 0.1) is 17.2 Å². The fourth-order valence-corrected chi connectivity index (χ4v) is 1.16. The van der Waals surface area contributed by atoms with Gasteiger partial charge in [0.2, 0.25) is 0 Å². The van der Waals surface area contributed by atoms with Crippen molar-refractivity contribution in [1.29, 1.82) is 5.26 Å². The van der Waals surface area contributed by atoms with Gasteiger partial charge in [0, 0.05) is 6.54 Å². The number of nitrogens with zero attached hydrogens (tertiary/aromatic N) is 3. The number of aliphatic hydroxyl groups is 1. The molecule has 5 heteroatoms. The minimum Gasteiger partial charge on any atom is -0.393 e. The average molecular weight is 220 g/mol. The first-order valence-corrected chi connectivity index (χ1v) is 5.27. The van der Waals surface area contributed by atoms with E-state index in [1.807, 2.05) is 19.9 Å². The Labute approximate surface area is 95.2 Å². The highest BCUT2D eigenvalue weighted by atomic mass is 16.3. The summed E-state index contributed by atoms with van der Waals surface area (Å²) in [6.07, 6.45) is 3.29. The molecule has 1 unspecified atom stereocenters. The van der Waals surface area contributed by atoms with Crippen molar-refractivity contribution >= 4 is 5.82 Å². The van der Waals surface area contributed by atoms with E-state index in [1.54, 1.807) is 0 Å². The zero-order chi connectivity index (χ0) is 12.0. The molecule has 0 aliphatic heterocycles. The van der Waals surface area contributed by atoms with Crippen LogP contribution in [0.5, 0.6) is 0 Å². The Morgan fingerprint density at radius 2 is 2.19 bits per heavy atom. The Hall–Kier alpha value is -1.67. The molecule has 0 aliphatic rings. The van der Waals surface area contributed by atoms with E-state index < -0.39 is 0 Å². The molecule has 1 aromatic rings. The third-order valence-corrected chi connectivity index (χ3v) is 2.28. The smallest absolute Gasteiger partial charge is 0.158 e. The van der Waals surface area contributed by atoms with Gasteiger partial charge in [-0.2, -0.15) is 5.26 Å². The number of nitrogens with one attached hydrogen (secondary N) is 1. The molecule has 0 saturated heterocycles. The lowest BCUT2D eigenvalue weighted by Gasteiger charge is -2.14. The first kappa shape index (κ1) is 12.4. The second kappa shape index (κ2) is 6.03. The molecule has 0 aliphatic carbocycles. The molecule has 0 bridgehead atoms. The van der Waals surface area contributed by atoms with Crippen molar-refractivity contribution in [2.24, 2.45) is 5.92 Å². The van der Waals surface area contributed by atoms with Gasteiger partial charge in [0.25, 0.3) is 0 Å². The number of hydrogen-bond donors (Lipinski definition) is 2. The van der Waals surface area contributed by atoms with Crippen molar-refractivity contribution in [3.63, 3.8) is 0 Å². The van der Waals surface area contributed by atoms with Crippen LogP contribution in [0.25, 0.3) is 0 Å². The maximum Gasteiger partial charge on any atom is 0.158 e. The zero-order valence-corrected chi connectivity index (χ0v) is 9.51. The summed E-state index contributed by atoms with van der Waals surface area (Å²) >= 11 is 0. The third-order valence-electron chi connectivity index (χ3n) is 2.28. The number of hydrogen-bond acceptors (Lipinski definition) is 5. The summed E-state index contributed by atoms with van der Waals surface area (Å²) in [5.41, 5.74) is 0.299. The maximum absolute atomic E-state index is 9.57. The van der Waals surface area contributed by atoms with E-state index in [-0.39, 0.29) is 12.0 Å². The standard InChI is InChI=1S/C11H16N4O/c1-8(2)10(16)3-4-13-11-7-14-9(5-12)6-15-11/h6-8,10,16H,3-4H2,1-2H3,(H,13,15). The van der Waals surface area contributed by atoms with Gasteiger partial charge in [-0.1, -0.05) is 13.8 Å². The van der Waals surface area contributed by atoms with Crippen molar-refractivity contribution in [2.45, 2.75) is 26.4 Å². The van der Waals surface area contributed by atoms with Gasteiger partial charge in [-0.25, -0.2) is 9.97 Å². The van der Waals surface area contributed by atoms with Gasteiger partial charge in [-0.3, -0.25) is 0 Å². The van der Waals surface area contributed by atoms with Gasteiger partial charge in [-0.15, -0.1) is 0 Å². The lowest BCUT2D eigenvalue weighted by molar-refractivity contribution is 0.120. The van der Waals surface area contributed by atoms with E-state index in [9.17, 15) is 5.11 Å². The second-order valence-corrected chi connectivity index (χ2v) is 3.93. The minimum atomic E-state index is -0.307. The summed E-state index contributed by atoms with van der Waals surface area (Å²) in [6, 6.07) is 1.90. The Balaban J connectivity index is 2.35. The summed E-state index contributed by atoms with van der Waals surface area (Å²) in [5.74, 6) is 0.879. The Bertz CT molecular complexity index is 355. The second-order valence-electron chi connectivity index (χ2n) is 3.93. The molecule has 1 aromatic heterocycles. The highest BCUT2D eigenvalue weighted by Gasteiger charge is 2.08. The van der Waals surface area contributed by atoms with Crippen LogP contribution in [0.2, 0.25) is 0 Å². The molecule has 0 aromatic carbocycles. The van der Waals surface area contributed by atoms with Crippen LogP contribution >= 0.6 is 0 Å². The predicted molar refractivity (Wildman–Crippen MR) is 60.7 cm³/mol. The van der Waals surface area contributed by atoms with Crippen molar-refractivity contribution in [2.75, 3.05) is 11.9 Å². The summed E-state index contributed by atoms with van der Waals surface area (Å²) < 4.78 is 0. The zero-order valence-electron chi connectivity index (χ0n) is 9.51. The van der Waals surface area contributed by atoms with E-state index in [2.05, 4.69) is 15.3 Å². The number of aromatic nitrogens is 2. The molecule has 0 spiro atoms. The summed E-state index contributed by atoms with van der Waals surface area (Å²) in [6.45, 7) is 4.60. The van der Waals surface area contributed by atoms with E-state index in [1.165, 1.54) is 12.4 Å². The number of rotatable bonds is 5. The van der Waals surface area contributed by atoms with Gasteiger partial charge in [-0.05, 0) is 12.3 Å².